The van der Waals surface area contributed by atoms with Gasteiger partial charge in [-0.1, -0.05) is 23.7 Å². The molecular weight excluding hydrogens is 418 g/mol. The molecule has 7 nitrogen and oxygen atoms in total. The highest BCUT2D eigenvalue weighted by molar-refractivity contribution is 6.31. The summed E-state index contributed by atoms with van der Waals surface area (Å²) in [5, 5.41) is 7.84. The molecule has 1 heterocycles. The molecule has 4 aromatic rings. The molecule has 0 saturated carbocycles. The van der Waals surface area contributed by atoms with E-state index in [1.807, 2.05) is 0 Å². The normalized spacial score (nSPS) is 10.6. The zero-order valence-electron chi connectivity index (χ0n) is 16.5. The van der Waals surface area contributed by atoms with Crippen molar-refractivity contribution < 1.29 is 14.3 Å². The number of hydrogen-bond donors (Lipinski definition) is 1. The number of amides is 1. The van der Waals surface area contributed by atoms with E-state index < -0.39 is 0 Å². The average molecular weight is 436 g/mol. The quantitative estimate of drug-likeness (QED) is 0.482. The number of benzene rings is 3. The van der Waals surface area contributed by atoms with Crippen LogP contribution in [0.4, 0.5) is 5.69 Å². The molecule has 8 heteroatoms. The van der Waals surface area contributed by atoms with E-state index in [1.54, 1.807) is 73.8 Å². The van der Waals surface area contributed by atoms with Gasteiger partial charge >= 0.3 is 0 Å². The van der Waals surface area contributed by atoms with Crippen LogP contribution in [0.1, 0.15) is 0 Å². The highest BCUT2D eigenvalue weighted by Crippen LogP contribution is 2.32. The van der Waals surface area contributed by atoms with Crippen LogP contribution in [0.2, 0.25) is 5.02 Å². The summed E-state index contributed by atoms with van der Waals surface area (Å²) in [7, 11) is 1.59. The molecule has 0 spiro atoms. The lowest BCUT2D eigenvalue weighted by atomic mass is 10.2. The number of methoxy groups -OCH3 is 1. The van der Waals surface area contributed by atoms with Crippen molar-refractivity contribution in [3.8, 4) is 17.2 Å². The number of carbonyl (C=O) groups excluding carboxylic acids is 1. The lowest BCUT2D eigenvalue weighted by Crippen LogP contribution is -2.22. The van der Waals surface area contributed by atoms with E-state index in [2.05, 4.69) is 10.4 Å². The summed E-state index contributed by atoms with van der Waals surface area (Å²) in [6.07, 6.45) is 1.20. The summed E-state index contributed by atoms with van der Waals surface area (Å²) in [5.74, 6) is 1.37. The summed E-state index contributed by atoms with van der Waals surface area (Å²) in [6.45, 7) is -0.0880. The maximum absolute atomic E-state index is 12.7. The van der Waals surface area contributed by atoms with Gasteiger partial charge in [0.25, 0.3) is 0 Å². The molecule has 31 heavy (non-hydrogen) atoms. The van der Waals surface area contributed by atoms with E-state index >= 15 is 0 Å². The van der Waals surface area contributed by atoms with Crippen LogP contribution in [0.15, 0.2) is 77.7 Å². The van der Waals surface area contributed by atoms with Crippen LogP contribution < -0.4 is 20.2 Å². The first-order chi connectivity index (χ1) is 15.0. The minimum absolute atomic E-state index is 0.0880. The molecule has 0 saturated heterocycles. The summed E-state index contributed by atoms with van der Waals surface area (Å²) in [6, 6.07) is 19.0. The van der Waals surface area contributed by atoms with Crippen molar-refractivity contribution in [3.05, 3.63) is 88.2 Å². The standard InChI is InChI=1S/C23H18ClN3O4/c1-30-16-7-9-17(10-8-16)31-22-11-6-15(24)12-19(22)26-23(29)14-27-20-5-3-2-4-18(20)21(28)13-25-27/h2-13H,14H2,1H3,(H,26,29). The number of nitrogens with one attached hydrogen (secondary N) is 1. The van der Waals surface area contributed by atoms with Gasteiger partial charge in [0.05, 0.1) is 24.5 Å². The smallest absolute Gasteiger partial charge is 0.246 e. The number of halogens is 1. The lowest BCUT2D eigenvalue weighted by Gasteiger charge is -2.14. The van der Waals surface area contributed by atoms with Crippen LogP contribution >= 0.6 is 11.6 Å². The Balaban J connectivity index is 1.56. The monoisotopic (exact) mass is 435 g/mol. The lowest BCUT2D eigenvalue weighted by molar-refractivity contribution is -0.116. The fraction of sp³-hybridized carbons (Fsp3) is 0.0870. The third-order valence-corrected chi connectivity index (χ3v) is 4.79. The Labute approximate surface area is 182 Å². The molecule has 4 rings (SSSR count). The van der Waals surface area contributed by atoms with Gasteiger partial charge in [0.1, 0.15) is 18.0 Å². The van der Waals surface area contributed by atoms with Crippen LogP contribution in [0.25, 0.3) is 10.9 Å². The molecule has 0 aliphatic heterocycles. The molecule has 0 aliphatic rings. The number of aromatic nitrogens is 2. The van der Waals surface area contributed by atoms with Crippen molar-refractivity contribution in [2.45, 2.75) is 6.54 Å². The van der Waals surface area contributed by atoms with Gasteiger partial charge in [-0.15, -0.1) is 0 Å². The number of para-hydroxylation sites is 1. The number of rotatable bonds is 6. The SMILES string of the molecule is COc1ccc(Oc2ccc(Cl)cc2NC(=O)Cn2ncc(=O)c3ccccc32)cc1. The first-order valence-corrected chi connectivity index (χ1v) is 9.77. The second kappa shape index (κ2) is 8.89. The van der Waals surface area contributed by atoms with Crippen molar-refractivity contribution in [1.29, 1.82) is 0 Å². The second-order valence-electron chi connectivity index (χ2n) is 6.65. The fourth-order valence-corrected chi connectivity index (χ4v) is 3.24. The molecule has 3 aromatic carbocycles. The maximum atomic E-state index is 12.7. The Morgan fingerprint density at radius 1 is 1.06 bits per heavy atom. The Morgan fingerprint density at radius 3 is 2.58 bits per heavy atom. The van der Waals surface area contributed by atoms with Gasteiger partial charge in [-0.3, -0.25) is 14.3 Å². The third-order valence-electron chi connectivity index (χ3n) is 4.56. The van der Waals surface area contributed by atoms with E-state index in [0.29, 0.717) is 38.9 Å². The van der Waals surface area contributed by atoms with Gasteiger partial charge in [0.15, 0.2) is 5.75 Å². The van der Waals surface area contributed by atoms with Gasteiger partial charge < -0.3 is 14.8 Å². The molecule has 0 aliphatic carbocycles. The van der Waals surface area contributed by atoms with Gasteiger partial charge in [0, 0.05) is 10.4 Å². The van der Waals surface area contributed by atoms with E-state index in [0.717, 1.165) is 0 Å². The van der Waals surface area contributed by atoms with Crippen molar-refractivity contribution in [1.82, 2.24) is 9.78 Å². The summed E-state index contributed by atoms with van der Waals surface area (Å²) < 4.78 is 12.5. The summed E-state index contributed by atoms with van der Waals surface area (Å²) >= 11 is 6.12. The topological polar surface area (TPSA) is 82.4 Å². The predicted octanol–water partition coefficient (Wildman–Crippen LogP) is 4.49. The largest absolute Gasteiger partial charge is 0.497 e. The minimum Gasteiger partial charge on any atom is -0.497 e. The van der Waals surface area contributed by atoms with Crippen molar-refractivity contribution in [2.75, 3.05) is 12.4 Å². The molecule has 156 valence electrons. The number of fused-ring (bicyclic) bond motifs is 1. The van der Waals surface area contributed by atoms with Gasteiger partial charge in [-0.2, -0.15) is 5.10 Å². The molecule has 1 N–H and O–H groups in total. The number of nitrogens with zero attached hydrogens (tertiary/aromatic N) is 2. The minimum atomic E-state index is -0.344. The Hall–Kier alpha value is -3.84. The average Bonchev–Trinajstić information content (AvgIpc) is 2.78. The summed E-state index contributed by atoms with van der Waals surface area (Å²) in [4.78, 5) is 24.7. The van der Waals surface area contributed by atoms with Crippen molar-refractivity contribution in [2.24, 2.45) is 0 Å². The van der Waals surface area contributed by atoms with Gasteiger partial charge in [-0.25, -0.2) is 0 Å². The number of carbonyl (C=O) groups is 1. The Morgan fingerprint density at radius 2 is 1.81 bits per heavy atom. The Kier molecular flexibility index (Phi) is 5.86. The van der Waals surface area contributed by atoms with Crippen LogP contribution in [-0.2, 0) is 11.3 Å². The van der Waals surface area contributed by atoms with Crippen LogP contribution in [-0.4, -0.2) is 22.8 Å². The molecule has 0 fully saturated rings. The zero-order valence-corrected chi connectivity index (χ0v) is 17.3. The number of hydrogen-bond acceptors (Lipinski definition) is 5. The van der Waals surface area contributed by atoms with Crippen LogP contribution in [0.5, 0.6) is 17.2 Å². The highest BCUT2D eigenvalue weighted by Gasteiger charge is 2.13. The molecule has 1 amide bonds. The van der Waals surface area contributed by atoms with E-state index in [-0.39, 0.29) is 17.9 Å². The molecule has 0 atom stereocenters. The van der Waals surface area contributed by atoms with Crippen molar-refractivity contribution in [3.63, 3.8) is 0 Å². The predicted molar refractivity (Wildman–Crippen MR) is 119 cm³/mol. The molecule has 0 radical (unpaired) electrons. The van der Waals surface area contributed by atoms with Crippen LogP contribution in [0.3, 0.4) is 0 Å². The van der Waals surface area contributed by atoms with E-state index in [4.69, 9.17) is 21.1 Å². The van der Waals surface area contributed by atoms with Crippen molar-refractivity contribution >= 4 is 34.1 Å². The zero-order chi connectivity index (χ0) is 21.8. The number of ether oxygens (including phenoxy) is 2. The fourth-order valence-electron chi connectivity index (χ4n) is 3.07. The molecule has 0 bridgehead atoms. The third kappa shape index (κ3) is 4.67. The second-order valence-corrected chi connectivity index (χ2v) is 7.09. The van der Waals surface area contributed by atoms with Gasteiger partial charge in [-0.05, 0) is 54.6 Å². The molecular formula is C23H18ClN3O4. The van der Waals surface area contributed by atoms with E-state index in [9.17, 15) is 9.59 Å². The summed E-state index contributed by atoms with van der Waals surface area (Å²) in [5.41, 5.74) is 0.793. The first kappa shape index (κ1) is 20.4. The highest BCUT2D eigenvalue weighted by atomic mass is 35.5. The Bertz CT molecular complexity index is 1300. The molecule has 0 unspecified atom stereocenters. The number of anilines is 1. The molecule has 1 aromatic heterocycles. The first-order valence-electron chi connectivity index (χ1n) is 9.39. The maximum Gasteiger partial charge on any atom is 0.246 e. The van der Waals surface area contributed by atoms with Gasteiger partial charge in [0.2, 0.25) is 11.3 Å². The van der Waals surface area contributed by atoms with E-state index in [1.165, 1.54) is 10.9 Å². The van der Waals surface area contributed by atoms with Crippen LogP contribution in [0, 0.1) is 0 Å².